The van der Waals surface area contributed by atoms with Crippen LogP contribution >= 0.6 is 0 Å². The van der Waals surface area contributed by atoms with E-state index in [1.807, 2.05) is 77.1 Å². The Morgan fingerprint density at radius 3 is 2.19 bits per heavy atom. The van der Waals surface area contributed by atoms with Crippen molar-refractivity contribution in [2.45, 2.75) is 92.5 Å². The maximum Gasteiger partial charge on any atom is 0.408 e. The lowest BCUT2D eigenvalue weighted by molar-refractivity contribution is -0.143. The standard InChI is InChI=1S/C29H41N3O4/c1-10-21(5)32(27(34)22(6)30-28(35)36-29(7,8)9)25(23-17-18(2)15-16-19(23)3)26(33)31-24-14-12-11-13-20(24)4/h11-17,21-22,25H,10H2,1-9H3,(H,30,35)(H,31,33). The Bertz CT molecular complexity index is 1090. The molecule has 0 fully saturated rings. The zero-order valence-electron chi connectivity index (χ0n) is 23.1. The highest BCUT2D eigenvalue weighted by atomic mass is 16.6. The third-order valence-corrected chi connectivity index (χ3v) is 6.08. The Labute approximate surface area is 215 Å². The minimum Gasteiger partial charge on any atom is -0.444 e. The van der Waals surface area contributed by atoms with Gasteiger partial charge in [0.25, 0.3) is 5.91 Å². The number of rotatable bonds is 8. The lowest BCUT2D eigenvalue weighted by Gasteiger charge is -2.38. The second-order valence-corrected chi connectivity index (χ2v) is 10.4. The smallest absolute Gasteiger partial charge is 0.408 e. The first-order valence-electron chi connectivity index (χ1n) is 12.5. The Kier molecular flexibility index (Phi) is 9.68. The van der Waals surface area contributed by atoms with E-state index in [1.165, 1.54) is 0 Å². The van der Waals surface area contributed by atoms with E-state index in [0.717, 1.165) is 22.3 Å². The van der Waals surface area contributed by atoms with Gasteiger partial charge in [-0.25, -0.2) is 4.79 Å². The number of nitrogens with zero attached hydrogens (tertiary/aromatic N) is 1. The van der Waals surface area contributed by atoms with Crippen molar-refractivity contribution in [3.63, 3.8) is 0 Å². The number of hydrogen-bond donors (Lipinski definition) is 2. The molecule has 0 radical (unpaired) electrons. The van der Waals surface area contributed by atoms with Gasteiger partial charge >= 0.3 is 6.09 Å². The molecule has 2 aromatic rings. The predicted octanol–water partition coefficient (Wildman–Crippen LogP) is 5.83. The topological polar surface area (TPSA) is 87.7 Å². The molecule has 3 unspecified atom stereocenters. The van der Waals surface area contributed by atoms with Crippen molar-refractivity contribution in [3.05, 3.63) is 64.7 Å². The van der Waals surface area contributed by atoms with Gasteiger partial charge in [-0.15, -0.1) is 0 Å². The van der Waals surface area contributed by atoms with E-state index in [2.05, 4.69) is 10.6 Å². The van der Waals surface area contributed by atoms with Crippen LogP contribution in [0.4, 0.5) is 10.5 Å². The zero-order chi connectivity index (χ0) is 27.2. The highest BCUT2D eigenvalue weighted by molar-refractivity contribution is 5.99. The Hall–Kier alpha value is -3.35. The normalized spacial score (nSPS) is 13.8. The van der Waals surface area contributed by atoms with Crippen molar-refractivity contribution in [3.8, 4) is 0 Å². The van der Waals surface area contributed by atoms with Gasteiger partial charge in [0.05, 0.1) is 0 Å². The van der Waals surface area contributed by atoms with Crippen LogP contribution in [0.5, 0.6) is 0 Å². The number of amides is 3. The molecule has 0 heterocycles. The average molecular weight is 496 g/mol. The number of para-hydroxylation sites is 1. The second kappa shape index (κ2) is 12.1. The molecular weight excluding hydrogens is 454 g/mol. The summed E-state index contributed by atoms with van der Waals surface area (Å²) >= 11 is 0. The molecule has 0 saturated carbocycles. The number of carbonyl (C=O) groups is 3. The first-order valence-corrected chi connectivity index (χ1v) is 12.5. The van der Waals surface area contributed by atoms with E-state index in [-0.39, 0.29) is 17.9 Å². The first-order chi connectivity index (χ1) is 16.7. The van der Waals surface area contributed by atoms with Crippen LogP contribution in [0.1, 0.15) is 76.3 Å². The van der Waals surface area contributed by atoms with Crippen LogP contribution < -0.4 is 10.6 Å². The molecule has 3 amide bonds. The van der Waals surface area contributed by atoms with Crippen LogP contribution in [0.25, 0.3) is 0 Å². The summed E-state index contributed by atoms with van der Waals surface area (Å²) in [4.78, 5) is 41.8. The molecule has 0 bridgehead atoms. The maximum atomic E-state index is 13.9. The summed E-state index contributed by atoms with van der Waals surface area (Å²) in [5.74, 6) is -0.669. The number of anilines is 1. The van der Waals surface area contributed by atoms with E-state index >= 15 is 0 Å². The molecule has 7 heteroatoms. The minimum absolute atomic E-state index is 0.270. The number of hydrogen-bond acceptors (Lipinski definition) is 4. The molecule has 0 aromatic heterocycles. The third-order valence-electron chi connectivity index (χ3n) is 6.08. The second-order valence-electron chi connectivity index (χ2n) is 10.4. The molecule has 3 atom stereocenters. The summed E-state index contributed by atoms with van der Waals surface area (Å²) in [6.07, 6.45) is -0.0516. The fourth-order valence-corrected chi connectivity index (χ4v) is 3.95. The van der Waals surface area contributed by atoms with Crippen LogP contribution in [0.3, 0.4) is 0 Å². The van der Waals surface area contributed by atoms with E-state index in [1.54, 1.807) is 32.6 Å². The van der Waals surface area contributed by atoms with Crippen molar-refractivity contribution in [1.29, 1.82) is 0 Å². The van der Waals surface area contributed by atoms with Crippen molar-refractivity contribution in [1.82, 2.24) is 10.2 Å². The SMILES string of the molecule is CCC(C)N(C(=O)C(C)NC(=O)OC(C)(C)C)C(C(=O)Nc1ccccc1C)c1cc(C)ccc1C. The van der Waals surface area contributed by atoms with Gasteiger partial charge in [0.2, 0.25) is 5.91 Å². The van der Waals surface area contributed by atoms with Crippen LogP contribution in [-0.4, -0.2) is 40.5 Å². The number of benzene rings is 2. The summed E-state index contributed by atoms with van der Waals surface area (Å²) in [5.41, 5.74) is 3.55. The van der Waals surface area contributed by atoms with E-state index in [0.29, 0.717) is 12.1 Å². The van der Waals surface area contributed by atoms with Crippen LogP contribution in [-0.2, 0) is 14.3 Å². The van der Waals surface area contributed by atoms with Gasteiger partial charge in [0.1, 0.15) is 17.7 Å². The average Bonchev–Trinajstić information content (AvgIpc) is 2.78. The summed E-state index contributed by atoms with van der Waals surface area (Å²) in [6, 6.07) is 11.4. The third kappa shape index (κ3) is 7.57. The van der Waals surface area contributed by atoms with E-state index < -0.39 is 23.8 Å². The van der Waals surface area contributed by atoms with Crippen molar-refractivity contribution in [2.75, 3.05) is 5.32 Å². The molecule has 0 spiro atoms. The number of carbonyl (C=O) groups excluding carboxylic acids is 3. The lowest BCUT2D eigenvalue weighted by Crippen LogP contribution is -2.54. The molecule has 0 aliphatic heterocycles. The lowest BCUT2D eigenvalue weighted by atomic mass is 9.94. The fraction of sp³-hybridized carbons (Fsp3) is 0.483. The summed E-state index contributed by atoms with van der Waals surface area (Å²) in [6.45, 7) is 16.6. The minimum atomic E-state index is -0.896. The Morgan fingerprint density at radius 1 is 0.972 bits per heavy atom. The summed E-state index contributed by atoms with van der Waals surface area (Å²) < 4.78 is 5.34. The molecule has 0 saturated heterocycles. The molecular formula is C29H41N3O4. The monoisotopic (exact) mass is 495 g/mol. The summed E-state index contributed by atoms with van der Waals surface area (Å²) in [7, 11) is 0. The van der Waals surface area contributed by atoms with Gasteiger partial charge in [0.15, 0.2) is 0 Å². The molecule has 2 aromatic carbocycles. The molecule has 2 rings (SSSR count). The first kappa shape index (κ1) is 28.9. The van der Waals surface area contributed by atoms with E-state index in [9.17, 15) is 14.4 Å². The van der Waals surface area contributed by atoms with Crippen molar-refractivity contribution < 1.29 is 19.1 Å². The molecule has 36 heavy (non-hydrogen) atoms. The number of nitrogens with one attached hydrogen (secondary N) is 2. The van der Waals surface area contributed by atoms with Gasteiger partial charge in [0, 0.05) is 11.7 Å². The highest BCUT2D eigenvalue weighted by Gasteiger charge is 2.38. The largest absolute Gasteiger partial charge is 0.444 e. The maximum absolute atomic E-state index is 13.9. The number of aryl methyl sites for hydroxylation is 3. The van der Waals surface area contributed by atoms with Crippen LogP contribution in [0.2, 0.25) is 0 Å². The van der Waals surface area contributed by atoms with Gasteiger partial charge in [-0.2, -0.15) is 0 Å². The number of ether oxygens (including phenoxy) is 1. The highest BCUT2D eigenvalue weighted by Crippen LogP contribution is 2.30. The summed E-state index contributed by atoms with van der Waals surface area (Å²) in [5, 5.41) is 5.68. The van der Waals surface area contributed by atoms with Crippen LogP contribution in [0.15, 0.2) is 42.5 Å². The number of alkyl carbamates (subject to hydrolysis) is 1. The van der Waals surface area contributed by atoms with Gasteiger partial charge < -0.3 is 20.3 Å². The Morgan fingerprint density at radius 2 is 1.61 bits per heavy atom. The molecule has 7 nitrogen and oxygen atoms in total. The van der Waals surface area contributed by atoms with Crippen LogP contribution in [0, 0.1) is 20.8 Å². The fourth-order valence-electron chi connectivity index (χ4n) is 3.95. The molecule has 196 valence electrons. The molecule has 2 N–H and O–H groups in total. The molecule has 0 aliphatic carbocycles. The van der Waals surface area contributed by atoms with Crippen molar-refractivity contribution in [2.24, 2.45) is 0 Å². The van der Waals surface area contributed by atoms with Crippen molar-refractivity contribution >= 4 is 23.6 Å². The zero-order valence-corrected chi connectivity index (χ0v) is 23.1. The quantitative estimate of drug-likeness (QED) is 0.482. The van der Waals surface area contributed by atoms with Gasteiger partial charge in [-0.05, 0) is 84.6 Å². The Balaban J connectivity index is 2.53. The molecule has 0 aliphatic rings. The van der Waals surface area contributed by atoms with Gasteiger partial charge in [-0.3, -0.25) is 9.59 Å². The van der Waals surface area contributed by atoms with E-state index in [4.69, 9.17) is 4.74 Å². The van der Waals surface area contributed by atoms with Gasteiger partial charge in [-0.1, -0.05) is 48.9 Å². The predicted molar refractivity (Wildman–Crippen MR) is 144 cm³/mol.